The van der Waals surface area contributed by atoms with Crippen LogP contribution in [-0.4, -0.2) is 14.4 Å². The van der Waals surface area contributed by atoms with E-state index in [1.54, 1.807) is 0 Å². The summed E-state index contributed by atoms with van der Waals surface area (Å²) in [4.78, 5) is 10.4. The van der Waals surface area contributed by atoms with Gasteiger partial charge in [-0.05, 0) is 35.2 Å². The molecule has 0 aliphatic rings. The molecule has 0 bridgehead atoms. The van der Waals surface area contributed by atoms with Gasteiger partial charge < -0.3 is 4.40 Å². The van der Waals surface area contributed by atoms with Crippen molar-refractivity contribution in [3.8, 4) is 33.6 Å². The number of para-hydroxylation sites is 3. The first-order chi connectivity index (χ1) is 21.3. The van der Waals surface area contributed by atoms with E-state index in [1.807, 2.05) is 30.3 Å². The Morgan fingerprint density at radius 2 is 0.930 bits per heavy atom. The molecule has 0 spiro atoms. The van der Waals surface area contributed by atoms with Gasteiger partial charge >= 0.3 is 0 Å². The molecule has 0 fully saturated rings. The summed E-state index contributed by atoms with van der Waals surface area (Å²) in [6.45, 7) is 0. The first-order valence-corrected chi connectivity index (χ1v) is 14.6. The monoisotopic (exact) mass is 547 g/mol. The average molecular weight is 548 g/mol. The van der Waals surface area contributed by atoms with Gasteiger partial charge in [-0.15, -0.1) is 0 Å². The Morgan fingerprint density at radius 3 is 1.65 bits per heavy atom. The maximum Gasteiger partial charge on any atom is 0.0973 e. The fraction of sp³-hybridized carbons (Fsp3) is 0. The lowest BCUT2D eigenvalue weighted by Crippen LogP contribution is -1.96. The van der Waals surface area contributed by atoms with E-state index in [1.165, 1.54) is 43.7 Å². The Balaban J connectivity index is 1.45. The smallest absolute Gasteiger partial charge is 0.0973 e. The van der Waals surface area contributed by atoms with Gasteiger partial charge in [-0.2, -0.15) is 0 Å². The van der Waals surface area contributed by atoms with Crippen LogP contribution in [0.1, 0.15) is 0 Å². The van der Waals surface area contributed by atoms with E-state index in [4.69, 9.17) is 9.97 Å². The second-order valence-corrected chi connectivity index (χ2v) is 11.0. The summed E-state index contributed by atoms with van der Waals surface area (Å²) < 4.78 is 2.45. The van der Waals surface area contributed by atoms with E-state index in [0.29, 0.717) is 0 Å². The molecule has 0 aliphatic heterocycles. The van der Waals surface area contributed by atoms with Gasteiger partial charge in [0.25, 0.3) is 0 Å². The Bertz CT molecular complexity index is 2490. The number of nitrogens with zero attached hydrogens (tertiary/aromatic N) is 3. The van der Waals surface area contributed by atoms with Crippen molar-refractivity contribution < 1.29 is 0 Å². The number of benzene rings is 6. The topological polar surface area (TPSA) is 30.2 Å². The van der Waals surface area contributed by atoms with Crippen LogP contribution >= 0.6 is 0 Å². The summed E-state index contributed by atoms with van der Waals surface area (Å²) in [5.74, 6) is 0. The lowest BCUT2D eigenvalue weighted by atomic mass is 9.98. The van der Waals surface area contributed by atoms with Crippen molar-refractivity contribution in [2.75, 3.05) is 0 Å². The molecule has 3 heteroatoms. The standard InChI is InChI=1S/C40H25N3/c1-3-13-26(14-4-1)37-32-24-23-28(39-38(27-15-5-2-6-16-27)41-33-20-10-11-21-34(33)42-39)25-36(32)43-35-22-12-9-18-30(35)29-17-7-8-19-31(29)40(37)43/h1-25H. The van der Waals surface area contributed by atoms with E-state index < -0.39 is 0 Å². The Kier molecular flexibility index (Phi) is 5.20. The third kappa shape index (κ3) is 3.62. The Hall–Kier alpha value is -5.80. The van der Waals surface area contributed by atoms with Crippen LogP contribution in [0.25, 0.3) is 82.8 Å². The van der Waals surface area contributed by atoms with Gasteiger partial charge in [0.05, 0.1) is 39.0 Å². The molecule has 43 heavy (non-hydrogen) atoms. The third-order valence-corrected chi connectivity index (χ3v) is 8.54. The molecule has 6 aromatic carbocycles. The number of fused-ring (bicyclic) bond motifs is 9. The van der Waals surface area contributed by atoms with E-state index in [-0.39, 0.29) is 0 Å². The molecular formula is C40H25N3. The average Bonchev–Trinajstić information content (AvgIpc) is 3.43. The van der Waals surface area contributed by atoms with E-state index in [9.17, 15) is 0 Å². The fourth-order valence-electron chi connectivity index (χ4n) is 6.66. The number of rotatable bonds is 3. The van der Waals surface area contributed by atoms with Gasteiger partial charge in [0.15, 0.2) is 0 Å². The zero-order valence-electron chi connectivity index (χ0n) is 23.3. The minimum Gasteiger partial charge on any atom is -0.308 e. The summed E-state index contributed by atoms with van der Waals surface area (Å²) in [5, 5.41) is 4.96. The van der Waals surface area contributed by atoms with Crippen molar-refractivity contribution in [3.05, 3.63) is 152 Å². The van der Waals surface area contributed by atoms with Gasteiger partial charge in [0, 0.05) is 32.8 Å². The minimum atomic E-state index is 0.883. The van der Waals surface area contributed by atoms with Crippen LogP contribution < -0.4 is 0 Å². The summed E-state index contributed by atoms with van der Waals surface area (Å²) in [5.41, 5.74) is 11.7. The fourth-order valence-corrected chi connectivity index (χ4v) is 6.66. The summed E-state index contributed by atoms with van der Waals surface area (Å²) >= 11 is 0. The minimum absolute atomic E-state index is 0.883. The number of hydrogen-bond acceptors (Lipinski definition) is 2. The zero-order valence-corrected chi connectivity index (χ0v) is 23.3. The second kappa shape index (κ2) is 9.37. The first-order valence-electron chi connectivity index (χ1n) is 14.6. The van der Waals surface area contributed by atoms with E-state index in [0.717, 1.165) is 39.1 Å². The van der Waals surface area contributed by atoms with Crippen LogP contribution in [-0.2, 0) is 0 Å². The molecule has 0 aliphatic carbocycles. The molecule has 0 atom stereocenters. The number of aromatic nitrogens is 3. The quantitative estimate of drug-likeness (QED) is 0.206. The molecule has 200 valence electrons. The summed E-state index contributed by atoms with van der Waals surface area (Å²) in [6.07, 6.45) is 0. The van der Waals surface area contributed by atoms with Crippen LogP contribution in [0.15, 0.2) is 152 Å². The highest BCUT2D eigenvalue weighted by Gasteiger charge is 2.21. The molecule has 3 nitrogen and oxygen atoms in total. The highest BCUT2D eigenvalue weighted by atomic mass is 14.9. The van der Waals surface area contributed by atoms with Crippen molar-refractivity contribution in [1.29, 1.82) is 0 Å². The number of pyridine rings is 1. The van der Waals surface area contributed by atoms with Crippen molar-refractivity contribution >= 4 is 49.1 Å². The van der Waals surface area contributed by atoms with Crippen LogP contribution in [0.3, 0.4) is 0 Å². The summed E-state index contributed by atoms with van der Waals surface area (Å²) in [7, 11) is 0. The maximum absolute atomic E-state index is 5.21. The highest BCUT2D eigenvalue weighted by Crippen LogP contribution is 2.43. The predicted molar refractivity (Wildman–Crippen MR) is 179 cm³/mol. The normalized spacial score (nSPS) is 11.7. The first kappa shape index (κ1) is 23.9. The van der Waals surface area contributed by atoms with Gasteiger partial charge in [-0.1, -0.05) is 127 Å². The van der Waals surface area contributed by atoms with Crippen LogP contribution in [0.5, 0.6) is 0 Å². The number of hydrogen-bond donors (Lipinski definition) is 0. The van der Waals surface area contributed by atoms with Crippen molar-refractivity contribution in [1.82, 2.24) is 14.4 Å². The van der Waals surface area contributed by atoms with Crippen LogP contribution in [0, 0.1) is 0 Å². The molecule has 0 unspecified atom stereocenters. The van der Waals surface area contributed by atoms with Gasteiger partial charge in [-0.25, -0.2) is 9.97 Å². The molecule has 0 saturated carbocycles. The predicted octanol–water partition coefficient (Wildman–Crippen LogP) is 10.3. The summed E-state index contributed by atoms with van der Waals surface area (Å²) in [6, 6.07) is 53.6. The highest BCUT2D eigenvalue weighted by molar-refractivity contribution is 6.22. The molecule has 0 N–H and O–H groups in total. The lowest BCUT2D eigenvalue weighted by Gasteiger charge is -2.12. The van der Waals surface area contributed by atoms with Gasteiger partial charge in [0.2, 0.25) is 0 Å². The van der Waals surface area contributed by atoms with Crippen molar-refractivity contribution in [2.24, 2.45) is 0 Å². The second-order valence-electron chi connectivity index (χ2n) is 11.0. The third-order valence-electron chi connectivity index (χ3n) is 8.54. The van der Waals surface area contributed by atoms with Crippen molar-refractivity contribution in [3.63, 3.8) is 0 Å². The van der Waals surface area contributed by atoms with Crippen LogP contribution in [0.2, 0.25) is 0 Å². The van der Waals surface area contributed by atoms with E-state index >= 15 is 0 Å². The Morgan fingerprint density at radius 1 is 0.372 bits per heavy atom. The molecular weight excluding hydrogens is 522 g/mol. The SMILES string of the molecule is c1ccc(-c2nc3ccccc3nc2-c2ccc3c(-c4ccccc4)c4c5ccccc5c5ccccc5n4c3c2)cc1. The molecule has 3 heterocycles. The lowest BCUT2D eigenvalue weighted by molar-refractivity contribution is 1.29. The van der Waals surface area contributed by atoms with E-state index in [2.05, 4.69) is 126 Å². The molecule has 0 saturated heterocycles. The zero-order chi connectivity index (χ0) is 28.3. The maximum atomic E-state index is 5.21. The molecule has 9 aromatic rings. The molecule has 0 radical (unpaired) electrons. The largest absolute Gasteiger partial charge is 0.308 e. The molecule has 0 amide bonds. The van der Waals surface area contributed by atoms with Crippen molar-refractivity contribution in [2.45, 2.75) is 0 Å². The Labute approximate surface area is 248 Å². The van der Waals surface area contributed by atoms with Crippen LogP contribution in [0.4, 0.5) is 0 Å². The molecule has 9 rings (SSSR count). The van der Waals surface area contributed by atoms with Gasteiger partial charge in [0.1, 0.15) is 0 Å². The van der Waals surface area contributed by atoms with Gasteiger partial charge in [-0.3, -0.25) is 0 Å². The molecule has 3 aromatic heterocycles.